The Morgan fingerprint density at radius 1 is 1.19 bits per heavy atom. The fraction of sp³-hybridized carbons (Fsp3) is 0.733. The number of carbonyl (C=O) groups excluding carboxylic acids is 1. The maximum absolute atomic E-state index is 11.6. The molecule has 21 heavy (non-hydrogen) atoms. The molecule has 0 aliphatic heterocycles. The lowest BCUT2D eigenvalue weighted by Gasteiger charge is -2.26. The van der Waals surface area contributed by atoms with Gasteiger partial charge >= 0.3 is 12.0 Å². The van der Waals surface area contributed by atoms with Crippen molar-refractivity contribution in [1.82, 2.24) is 10.6 Å². The molecule has 2 amide bonds. The van der Waals surface area contributed by atoms with Crippen molar-refractivity contribution < 1.29 is 19.4 Å². The summed E-state index contributed by atoms with van der Waals surface area (Å²) in [4.78, 5) is 22.4. The van der Waals surface area contributed by atoms with Gasteiger partial charge in [0.25, 0.3) is 0 Å². The maximum atomic E-state index is 11.6. The van der Waals surface area contributed by atoms with Gasteiger partial charge in [0, 0.05) is 13.1 Å². The van der Waals surface area contributed by atoms with Gasteiger partial charge in [-0.2, -0.15) is 0 Å². The maximum Gasteiger partial charge on any atom is 0.314 e. The lowest BCUT2D eigenvalue weighted by atomic mass is 9.82. The Kier molecular flexibility index (Phi) is 8.50. The summed E-state index contributed by atoms with van der Waals surface area (Å²) in [7, 11) is 0. The number of carbonyl (C=O) groups is 2. The van der Waals surface area contributed by atoms with Crippen LogP contribution >= 0.6 is 0 Å². The fourth-order valence-electron chi connectivity index (χ4n) is 2.42. The van der Waals surface area contributed by atoms with E-state index in [4.69, 9.17) is 9.84 Å². The number of amides is 2. The molecule has 6 nitrogen and oxygen atoms in total. The molecule has 0 bridgehead atoms. The number of ether oxygens (including phenoxy) is 1. The molecule has 0 radical (unpaired) electrons. The first-order valence-electron chi connectivity index (χ1n) is 7.56. The number of carboxylic acid groups (broad SMARTS) is 1. The van der Waals surface area contributed by atoms with Gasteiger partial charge in [-0.3, -0.25) is 4.79 Å². The van der Waals surface area contributed by atoms with Crippen molar-refractivity contribution in [3.8, 4) is 0 Å². The lowest BCUT2D eigenvalue weighted by molar-refractivity contribution is -0.143. The van der Waals surface area contributed by atoms with Crippen LogP contribution in [-0.4, -0.2) is 43.4 Å². The van der Waals surface area contributed by atoms with E-state index in [9.17, 15) is 9.59 Å². The molecule has 6 heteroatoms. The quantitative estimate of drug-likeness (QED) is 0.447. The van der Waals surface area contributed by atoms with E-state index in [1.807, 2.05) is 0 Å². The van der Waals surface area contributed by atoms with Crippen LogP contribution in [0.15, 0.2) is 12.7 Å². The van der Waals surface area contributed by atoms with Crippen LogP contribution in [0.4, 0.5) is 4.79 Å². The SMILES string of the molecule is C=CCCOCCNC(=O)NCC1CCC(C(=O)O)CC1. The first kappa shape index (κ1) is 17.5. The third-order valence-electron chi connectivity index (χ3n) is 3.75. The van der Waals surface area contributed by atoms with Crippen LogP contribution in [0.2, 0.25) is 0 Å². The first-order chi connectivity index (χ1) is 10.1. The number of urea groups is 1. The average Bonchev–Trinajstić information content (AvgIpc) is 2.49. The van der Waals surface area contributed by atoms with E-state index in [2.05, 4.69) is 17.2 Å². The molecule has 1 aliphatic carbocycles. The van der Waals surface area contributed by atoms with Crippen molar-refractivity contribution >= 4 is 12.0 Å². The summed E-state index contributed by atoms with van der Waals surface area (Å²) in [5, 5.41) is 14.5. The molecule has 0 aromatic rings. The molecule has 0 heterocycles. The predicted octanol–water partition coefficient (Wildman–Crippen LogP) is 1.77. The molecule has 0 saturated heterocycles. The first-order valence-corrected chi connectivity index (χ1v) is 7.56. The highest BCUT2D eigenvalue weighted by atomic mass is 16.5. The van der Waals surface area contributed by atoms with Crippen molar-refractivity contribution in [2.45, 2.75) is 32.1 Å². The molecular formula is C15H26N2O4. The number of nitrogens with one attached hydrogen (secondary N) is 2. The van der Waals surface area contributed by atoms with E-state index in [1.54, 1.807) is 6.08 Å². The standard InChI is InChI=1S/C15H26N2O4/c1-2-3-9-21-10-8-16-15(20)17-11-12-4-6-13(7-5-12)14(18)19/h2,12-13H,1,3-11H2,(H,18,19)(H2,16,17,20). The van der Waals surface area contributed by atoms with Crippen LogP contribution in [0.3, 0.4) is 0 Å². The van der Waals surface area contributed by atoms with Crippen molar-refractivity contribution in [3.05, 3.63) is 12.7 Å². The van der Waals surface area contributed by atoms with Crippen molar-refractivity contribution in [1.29, 1.82) is 0 Å². The molecule has 0 atom stereocenters. The molecule has 1 rings (SSSR count). The highest BCUT2D eigenvalue weighted by Crippen LogP contribution is 2.28. The van der Waals surface area contributed by atoms with Crippen LogP contribution in [0.1, 0.15) is 32.1 Å². The highest BCUT2D eigenvalue weighted by Gasteiger charge is 2.25. The smallest absolute Gasteiger partial charge is 0.314 e. The number of hydrogen-bond acceptors (Lipinski definition) is 3. The summed E-state index contributed by atoms with van der Waals surface area (Å²) in [6.45, 7) is 5.80. The largest absolute Gasteiger partial charge is 0.481 e. The number of rotatable bonds is 9. The van der Waals surface area contributed by atoms with Crippen LogP contribution in [0.25, 0.3) is 0 Å². The highest BCUT2D eigenvalue weighted by molar-refractivity contribution is 5.73. The molecular weight excluding hydrogens is 272 g/mol. The number of aliphatic carboxylic acids is 1. The monoisotopic (exact) mass is 298 g/mol. The summed E-state index contributed by atoms with van der Waals surface area (Å²) in [6, 6.07) is -0.192. The van der Waals surface area contributed by atoms with Gasteiger partial charge in [-0.1, -0.05) is 6.08 Å². The minimum atomic E-state index is -0.699. The zero-order valence-electron chi connectivity index (χ0n) is 12.5. The summed E-state index contributed by atoms with van der Waals surface area (Å²) in [5.41, 5.74) is 0. The molecule has 1 fully saturated rings. The lowest BCUT2D eigenvalue weighted by Crippen LogP contribution is -2.40. The van der Waals surface area contributed by atoms with Crippen LogP contribution < -0.4 is 10.6 Å². The Hall–Kier alpha value is -1.56. The Bertz CT molecular complexity index is 339. The third kappa shape index (κ3) is 7.70. The zero-order chi connectivity index (χ0) is 15.5. The predicted molar refractivity (Wildman–Crippen MR) is 80.1 cm³/mol. The van der Waals surface area contributed by atoms with Crippen LogP contribution in [0.5, 0.6) is 0 Å². The average molecular weight is 298 g/mol. The van der Waals surface area contributed by atoms with Gasteiger partial charge in [0.15, 0.2) is 0 Å². The van der Waals surface area contributed by atoms with Gasteiger partial charge in [-0.15, -0.1) is 6.58 Å². The normalized spacial score (nSPS) is 21.5. The van der Waals surface area contributed by atoms with E-state index in [0.717, 1.165) is 19.3 Å². The minimum Gasteiger partial charge on any atom is -0.481 e. The van der Waals surface area contributed by atoms with Crippen LogP contribution in [0, 0.1) is 11.8 Å². The molecule has 1 aliphatic rings. The van der Waals surface area contributed by atoms with E-state index in [1.165, 1.54) is 0 Å². The minimum absolute atomic E-state index is 0.192. The Balaban J connectivity index is 2.01. The number of carboxylic acids is 1. The molecule has 0 spiro atoms. The van der Waals surface area contributed by atoms with Crippen molar-refractivity contribution in [2.75, 3.05) is 26.3 Å². The van der Waals surface area contributed by atoms with E-state index < -0.39 is 5.97 Å². The van der Waals surface area contributed by atoms with Gasteiger partial charge in [0.05, 0.1) is 19.1 Å². The summed E-state index contributed by atoms with van der Waals surface area (Å²) in [6.07, 6.45) is 5.75. The number of hydrogen-bond donors (Lipinski definition) is 3. The molecule has 0 unspecified atom stereocenters. The summed E-state index contributed by atoms with van der Waals surface area (Å²) in [5.74, 6) is -0.520. The molecule has 0 aromatic carbocycles. The van der Waals surface area contributed by atoms with E-state index in [0.29, 0.717) is 45.1 Å². The van der Waals surface area contributed by atoms with Crippen LogP contribution in [-0.2, 0) is 9.53 Å². The second kappa shape index (κ2) is 10.2. The molecule has 3 N–H and O–H groups in total. The van der Waals surface area contributed by atoms with Gasteiger partial charge in [0.1, 0.15) is 0 Å². The zero-order valence-corrected chi connectivity index (χ0v) is 12.5. The third-order valence-corrected chi connectivity index (χ3v) is 3.75. The van der Waals surface area contributed by atoms with Gasteiger partial charge in [-0.05, 0) is 38.0 Å². The van der Waals surface area contributed by atoms with Crippen molar-refractivity contribution in [3.63, 3.8) is 0 Å². The fourth-order valence-corrected chi connectivity index (χ4v) is 2.42. The Morgan fingerprint density at radius 2 is 1.90 bits per heavy atom. The van der Waals surface area contributed by atoms with Gasteiger partial charge in [0.2, 0.25) is 0 Å². The topological polar surface area (TPSA) is 87.7 Å². The summed E-state index contributed by atoms with van der Waals surface area (Å²) >= 11 is 0. The Labute approximate surface area is 125 Å². The Morgan fingerprint density at radius 3 is 2.52 bits per heavy atom. The second-order valence-electron chi connectivity index (χ2n) is 5.38. The van der Waals surface area contributed by atoms with Gasteiger partial charge < -0.3 is 20.5 Å². The molecule has 1 saturated carbocycles. The molecule has 120 valence electrons. The van der Waals surface area contributed by atoms with Crippen molar-refractivity contribution in [2.24, 2.45) is 11.8 Å². The van der Waals surface area contributed by atoms with E-state index in [-0.39, 0.29) is 11.9 Å². The van der Waals surface area contributed by atoms with Gasteiger partial charge in [-0.25, -0.2) is 4.79 Å². The van der Waals surface area contributed by atoms with E-state index >= 15 is 0 Å². The second-order valence-corrected chi connectivity index (χ2v) is 5.38. The molecule has 0 aromatic heterocycles. The summed E-state index contributed by atoms with van der Waals surface area (Å²) < 4.78 is 5.28.